The molecular formula is C38H30N4O4S2. The fourth-order valence-corrected chi connectivity index (χ4v) is 6.27. The molecule has 8 nitrogen and oxygen atoms in total. The topological polar surface area (TPSA) is 109 Å². The maximum atomic E-state index is 13.6. The molecule has 3 N–H and O–H groups in total. The lowest BCUT2D eigenvalue weighted by atomic mass is 10.0. The highest BCUT2D eigenvalue weighted by Gasteiger charge is 2.16. The Morgan fingerprint density at radius 2 is 1.54 bits per heavy atom. The van der Waals surface area contributed by atoms with Crippen molar-refractivity contribution in [2.24, 2.45) is 0 Å². The third-order valence-corrected chi connectivity index (χ3v) is 9.04. The third-order valence-electron chi connectivity index (χ3n) is 7.27. The van der Waals surface area contributed by atoms with E-state index in [1.165, 1.54) is 23.1 Å². The van der Waals surface area contributed by atoms with Crippen LogP contribution in [0.2, 0.25) is 0 Å². The minimum Gasteiger partial charge on any atom is -0.497 e. The Kier molecular flexibility index (Phi) is 10.2. The van der Waals surface area contributed by atoms with Crippen LogP contribution in [0.25, 0.3) is 28.1 Å². The predicted octanol–water partition coefficient (Wildman–Crippen LogP) is 8.11. The molecule has 0 fully saturated rings. The van der Waals surface area contributed by atoms with E-state index in [2.05, 4.69) is 20.9 Å². The van der Waals surface area contributed by atoms with Gasteiger partial charge < -0.3 is 20.7 Å². The van der Waals surface area contributed by atoms with Gasteiger partial charge in [-0.3, -0.25) is 14.4 Å². The maximum absolute atomic E-state index is 13.6. The van der Waals surface area contributed by atoms with Crippen molar-refractivity contribution in [3.8, 4) is 17.0 Å². The molecule has 1 aromatic heterocycles. The van der Waals surface area contributed by atoms with E-state index in [0.29, 0.717) is 16.4 Å². The first kappa shape index (κ1) is 32.2. The van der Waals surface area contributed by atoms with E-state index in [1.807, 2.05) is 90.3 Å². The van der Waals surface area contributed by atoms with Gasteiger partial charge in [0.1, 0.15) is 11.4 Å². The molecule has 0 aliphatic rings. The average molecular weight is 671 g/mol. The number of carbonyl (C=O) groups excluding carboxylic acids is 3. The Morgan fingerprint density at radius 3 is 2.31 bits per heavy atom. The second-order valence-corrected chi connectivity index (χ2v) is 12.4. The third kappa shape index (κ3) is 8.16. The number of hydrogen-bond acceptors (Lipinski definition) is 7. The maximum Gasteiger partial charge on any atom is 0.272 e. The molecule has 0 atom stereocenters. The number of benzene rings is 5. The molecule has 6 rings (SSSR count). The van der Waals surface area contributed by atoms with Gasteiger partial charge in [-0.15, -0.1) is 23.1 Å². The van der Waals surface area contributed by atoms with Gasteiger partial charge in [-0.25, -0.2) is 4.98 Å². The highest BCUT2D eigenvalue weighted by molar-refractivity contribution is 8.00. The summed E-state index contributed by atoms with van der Waals surface area (Å²) in [6.07, 6.45) is 1.68. The molecule has 0 saturated heterocycles. The Labute approximate surface area is 285 Å². The van der Waals surface area contributed by atoms with Crippen LogP contribution in [0, 0.1) is 0 Å². The SMILES string of the molecule is COc1ccc(-c2csc(NC(=O)CSc3ccc(NC(=O)/C(=C/c4cccc5ccccc45)NC(=O)c4ccccc4)cc3)n2)cc1. The number of carbonyl (C=O) groups is 3. The lowest BCUT2D eigenvalue weighted by molar-refractivity contribution is -0.114. The van der Waals surface area contributed by atoms with Crippen molar-refractivity contribution in [1.82, 2.24) is 10.3 Å². The zero-order valence-corrected chi connectivity index (χ0v) is 27.4. The Hall–Kier alpha value is -5.71. The van der Waals surface area contributed by atoms with Crippen molar-refractivity contribution in [3.63, 3.8) is 0 Å². The van der Waals surface area contributed by atoms with Gasteiger partial charge in [0, 0.05) is 27.1 Å². The number of aromatic nitrogens is 1. The number of nitrogens with zero attached hydrogens (tertiary/aromatic N) is 1. The summed E-state index contributed by atoms with van der Waals surface area (Å²) in [5, 5.41) is 12.9. The van der Waals surface area contributed by atoms with Crippen LogP contribution >= 0.6 is 23.1 Å². The molecule has 10 heteroatoms. The van der Waals surface area contributed by atoms with Gasteiger partial charge >= 0.3 is 0 Å². The number of amides is 3. The highest BCUT2D eigenvalue weighted by atomic mass is 32.2. The number of rotatable bonds is 11. The van der Waals surface area contributed by atoms with Crippen LogP contribution in [0.4, 0.5) is 10.8 Å². The smallest absolute Gasteiger partial charge is 0.272 e. The normalized spacial score (nSPS) is 11.1. The second-order valence-electron chi connectivity index (χ2n) is 10.5. The summed E-state index contributed by atoms with van der Waals surface area (Å²) in [4.78, 5) is 44.6. The first-order valence-corrected chi connectivity index (χ1v) is 16.8. The lowest BCUT2D eigenvalue weighted by Crippen LogP contribution is -2.30. The van der Waals surface area contributed by atoms with Crippen LogP contribution in [0.5, 0.6) is 5.75 Å². The zero-order valence-electron chi connectivity index (χ0n) is 25.8. The molecule has 1 heterocycles. The van der Waals surface area contributed by atoms with E-state index in [0.717, 1.165) is 38.2 Å². The van der Waals surface area contributed by atoms with Gasteiger partial charge in [0.2, 0.25) is 5.91 Å². The standard InChI is InChI=1S/C38H30N4O4S2/c1-46-30-18-14-26(15-19-30)34-23-48-38(41-34)42-35(43)24-47-31-20-16-29(17-21-31)39-37(45)33(40-36(44)27-9-3-2-4-10-27)22-28-12-7-11-25-8-5-6-13-32(25)28/h2-23H,24H2,1H3,(H,39,45)(H,40,44)(H,41,42,43)/b33-22-. The number of thiazole rings is 1. The molecule has 238 valence electrons. The lowest BCUT2D eigenvalue weighted by Gasteiger charge is -2.12. The summed E-state index contributed by atoms with van der Waals surface area (Å²) in [5.74, 6) is -0.0837. The molecule has 0 aliphatic heterocycles. The second kappa shape index (κ2) is 15.3. The minimum absolute atomic E-state index is 0.104. The molecule has 0 spiro atoms. The summed E-state index contributed by atoms with van der Waals surface area (Å²) in [6.45, 7) is 0. The van der Waals surface area contributed by atoms with Crippen LogP contribution < -0.4 is 20.7 Å². The van der Waals surface area contributed by atoms with Crippen molar-refractivity contribution in [3.05, 3.63) is 144 Å². The minimum atomic E-state index is -0.468. The van der Waals surface area contributed by atoms with E-state index in [-0.39, 0.29) is 17.4 Å². The number of fused-ring (bicyclic) bond motifs is 1. The largest absolute Gasteiger partial charge is 0.497 e. The van der Waals surface area contributed by atoms with Crippen molar-refractivity contribution < 1.29 is 19.1 Å². The van der Waals surface area contributed by atoms with Crippen molar-refractivity contribution >= 4 is 68.5 Å². The summed E-state index contributed by atoms with van der Waals surface area (Å²) < 4.78 is 5.21. The fourth-order valence-electron chi connectivity index (χ4n) is 4.84. The molecule has 3 amide bonds. The van der Waals surface area contributed by atoms with E-state index in [4.69, 9.17) is 4.74 Å². The van der Waals surface area contributed by atoms with Gasteiger partial charge in [-0.2, -0.15) is 0 Å². The zero-order chi connectivity index (χ0) is 33.3. The average Bonchev–Trinajstić information content (AvgIpc) is 3.59. The Morgan fingerprint density at radius 1 is 0.812 bits per heavy atom. The van der Waals surface area contributed by atoms with Crippen LogP contribution in [0.15, 0.2) is 137 Å². The summed E-state index contributed by atoms with van der Waals surface area (Å²) >= 11 is 2.73. The fraction of sp³-hybridized carbons (Fsp3) is 0.0526. The van der Waals surface area contributed by atoms with Crippen molar-refractivity contribution in [2.75, 3.05) is 23.5 Å². The molecule has 0 unspecified atom stereocenters. The molecule has 0 aliphatic carbocycles. The Bertz CT molecular complexity index is 2090. The van der Waals surface area contributed by atoms with E-state index < -0.39 is 11.8 Å². The first-order chi connectivity index (χ1) is 23.4. The number of thioether (sulfide) groups is 1. The van der Waals surface area contributed by atoms with Crippen molar-refractivity contribution in [2.45, 2.75) is 4.90 Å². The summed E-state index contributed by atoms with van der Waals surface area (Å²) in [6, 6.07) is 37.2. The van der Waals surface area contributed by atoms with Gasteiger partial charge in [0.15, 0.2) is 5.13 Å². The van der Waals surface area contributed by atoms with Gasteiger partial charge in [-0.1, -0.05) is 60.7 Å². The quantitative estimate of drug-likeness (QED) is 0.0949. The van der Waals surface area contributed by atoms with Crippen LogP contribution in [-0.2, 0) is 9.59 Å². The van der Waals surface area contributed by atoms with Gasteiger partial charge in [0.05, 0.1) is 18.6 Å². The number of anilines is 2. The molecule has 0 radical (unpaired) electrons. The molecule has 6 aromatic rings. The molecule has 0 saturated carbocycles. The Balaban J connectivity index is 1.09. The van der Waals surface area contributed by atoms with Gasteiger partial charge in [-0.05, 0) is 83.1 Å². The van der Waals surface area contributed by atoms with Gasteiger partial charge in [0.25, 0.3) is 11.8 Å². The summed E-state index contributed by atoms with van der Waals surface area (Å²) in [7, 11) is 1.62. The van der Waals surface area contributed by atoms with E-state index in [9.17, 15) is 14.4 Å². The number of methoxy groups -OCH3 is 1. The number of ether oxygens (including phenoxy) is 1. The van der Waals surface area contributed by atoms with Crippen molar-refractivity contribution in [1.29, 1.82) is 0 Å². The predicted molar refractivity (Wildman–Crippen MR) is 194 cm³/mol. The van der Waals surface area contributed by atoms with Crippen LogP contribution in [0.3, 0.4) is 0 Å². The van der Waals surface area contributed by atoms with E-state index in [1.54, 1.807) is 49.6 Å². The molecule has 48 heavy (non-hydrogen) atoms. The number of hydrogen-bond donors (Lipinski definition) is 3. The van der Waals surface area contributed by atoms with Crippen LogP contribution in [-0.4, -0.2) is 35.6 Å². The monoisotopic (exact) mass is 670 g/mol. The molecule has 0 bridgehead atoms. The first-order valence-electron chi connectivity index (χ1n) is 14.9. The van der Waals surface area contributed by atoms with E-state index >= 15 is 0 Å². The summed E-state index contributed by atoms with van der Waals surface area (Å²) in [5.41, 5.74) is 3.59. The highest BCUT2D eigenvalue weighted by Crippen LogP contribution is 2.27. The molecule has 5 aromatic carbocycles. The van der Waals surface area contributed by atoms with Crippen LogP contribution in [0.1, 0.15) is 15.9 Å². The molecular weight excluding hydrogens is 641 g/mol. The number of nitrogens with one attached hydrogen (secondary N) is 3.